The topological polar surface area (TPSA) is 81.3 Å². The van der Waals surface area contributed by atoms with E-state index in [-0.39, 0.29) is 22.9 Å². The molecular weight excluding hydrogens is 351 g/mol. The van der Waals surface area contributed by atoms with Crippen LogP contribution in [0.5, 0.6) is 0 Å². The van der Waals surface area contributed by atoms with Crippen LogP contribution in [0.4, 0.5) is 10.1 Å². The van der Waals surface area contributed by atoms with Crippen molar-refractivity contribution < 1.29 is 18.4 Å². The van der Waals surface area contributed by atoms with Gasteiger partial charge in [-0.05, 0) is 43.3 Å². The molecule has 25 heavy (non-hydrogen) atoms. The van der Waals surface area contributed by atoms with Crippen LogP contribution in [-0.4, -0.2) is 16.3 Å². The number of carbonyl (C=O) groups is 2. The Hall–Kier alpha value is -2.93. The number of aromatic nitrogens is 1. The highest BCUT2D eigenvalue weighted by Gasteiger charge is 2.14. The fourth-order valence-corrected chi connectivity index (χ4v) is 2.53. The number of fused-ring (bicyclic) bond motifs is 1. The van der Waals surface area contributed by atoms with Crippen molar-refractivity contribution >= 4 is 40.1 Å². The van der Waals surface area contributed by atoms with E-state index in [2.05, 4.69) is 5.32 Å². The summed E-state index contributed by atoms with van der Waals surface area (Å²) in [7, 11) is 0. The number of nitrogens with zero attached hydrogens (tertiary/aromatic N) is 1. The summed E-state index contributed by atoms with van der Waals surface area (Å²) in [6, 6.07) is 8.29. The summed E-state index contributed by atoms with van der Waals surface area (Å²) < 4.78 is 19.4. The summed E-state index contributed by atoms with van der Waals surface area (Å²) in [6.07, 6.45) is 0. The zero-order chi connectivity index (χ0) is 18.1. The van der Waals surface area contributed by atoms with Crippen molar-refractivity contribution in [2.24, 2.45) is 0 Å². The van der Waals surface area contributed by atoms with Gasteiger partial charge >= 0.3 is 5.76 Å². The minimum absolute atomic E-state index is 0.125. The molecule has 1 amide bonds. The number of anilines is 1. The molecule has 1 N–H and O–H groups in total. The number of halogens is 2. The van der Waals surface area contributed by atoms with Crippen molar-refractivity contribution in [1.29, 1.82) is 0 Å². The van der Waals surface area contributed by atoms with Gasteiger partial charge in [0, 0.05) is 11.3 Å². The summed E-state index contributed by atoms with van der Waals surface area (Å²) in [5.74, 6) is -1.99. The van der Waals surface area contributed by atoms with Crippen molar-refractivity contribution in [3.63, 3.8) is 0 Å². The van der Waals surface area contributed by atoms with Gasteiger partial charge in [0.25, 0.3) is 0 Å². The van der Waals surface area contributed by atoms with Crippen molar-refractivity contribution in [2.45, 2.75) is 13.5 Å². The number of hydrogen-bond donors (Lipinski definition) is 1. The summed E-state index contributed by atoms with van der Waals surface area (Å²) in [5.41, 5.74) is 1.31. The minimum Gasteiger partial charge on any atom is -0.408 e. The summed E-state index contributed by atoms with van der Waals surface area (Å²) in [6.45, 7) is 1.10. The zero-order valence-corrected chi connectivity index (χ0v) is 13.8. The van der Waals surface area contributed by atoms with Crippen LogP contribution < -0.4 is 11.1 Å². The van der Waals surface area contributed by atoms with Gasteiger partial charge in [0.2, 0.25) is 5.91 Å². The Labute approximate surface area is 145 Å². The first-order valence-corrected chi connectivity index (χ1v) is 7.62. The molecule has 0 saturated heterocycles. The van der Waals surface area contributed by atoms with Crippen LogP contribution in [0.2, 0.25) is 5.02 Å². The molecule has 0 radical (unpaired) electrons. The van der Waals surface area contributed by atoms with E-state index in [0.29, 0.717) is 16.8 Å². The Balaban J connectivity index is 1.85. The highest BCUT2D eigenvalue weighted by atomic mass is 35.5. The predicted molar refractivity (Wildman–Crippen MR) is 90.5 cm³/mol. The molecule has 0 aliphatic rings. The Morgan fingerprint density at radius 3 is 2.68 bits per heavy atom. The number of rotatable bonds is 4. The van der Waals surface area contributed by atoms with E-state index in [1.807, 2.05) is 0 Å². The first kappa shape index (κ1) is 16.9. The second kappa shape index (κ2) is 6.52. The van der Waals surface area contributed by atoms with Crippen LogP contribution in [0, 0.1) is 5.82 Å². The summed E-state index contributed by atoms with van der Waals surface area (Å²) >= 11 is 5.66. The van der Waals surface area contributed by atoms with Crippen molar-refractivity contribution in [2.75, 3.05) is 5.32 Å². The maximum absolute atomic E-state index is 13.1. The van der Waals surface area contributed by atoms with Gasteiger partial charge in [-0.1, -0.05) is 11.6 Å². The Bertz CT molecular complexity index is 1050. The minimum atomic E-state index is -0.719. The molecule has 3 aromatic rings. The van der Waals surface area contributed by atoms with Crippen molar-refractivity contribution in [3.05, 3.63) is 63.4 Å². The van der Waals surface area contributed by atoms with E-state index in [0.717, 1.165) is 10.6 Å². The average Bonchev–Trinajstić information content (AvgIpc) is 2.86. The molecule has 0 bridgehead atoms. The number of amides is 1. The van der Waals surface area contributed by atoms with E-state index in [4.69, 9.17) is 16.0 Å². The first-order valence-electron chi connectivity index (χ1n) is 7.24. The van der Waals surface area contributed by atoms with Gasteiger partial charge in [-0.3, -0.25) is 14.2 Å². The number of hydrogen-bond acceptors (Lipinski definition) is 4. The molecule has 0 saturated carbocycles. The smallest absolute Gasteiger partial charge is 0.408 e. The van der Waals surface area contributed by atoms with Gasteiger partial charge in [0.05, 0.1) is 10.5 Å². The molecule has 128 valence electrons. The Morgan fingerprint density at radius 1 is 1.24 bits per heavy atom. The van der Waals surface area contributed by atoms with Gasteiger partial charge in [0.1, 0.15) is 12.4 Å². The lowest BCUT2D eigenvalue weighted by Gasteiger charge is -2.06. The van der Waals surface area contributed by atoms with Gasteiger partial charge in [-0.15, -0.1) is 0 Å². The third kappa shape index (κ3) is 3.46. The fraction of sp³-hybridized carbons (Fsp3) is 0.118. The average molecular weight is 363 g/mol. The number of ketones is 1. The van der Waals surface area contributed by atoms with Crippen molar-refractivity contribution in [3.8, 4) is 0 Å². The maximum Gasteiger partial charge on any atom is 0.420 e. The molecule has 1 heterocycles. The molecular formula is C17H12ClFN2O4. The number of benzene rings is 2. The third-order valence-corrected chi connectivity index (χ3v) is 3.87. The second-order valence-corrected chi connectivity index (χ2v) is 5.78. The number of oxazole rings is 1. The highest BCUT2D eigenvalue weighted by molar-refractivity contribution is 6.31. The number of Topliss-reactive ketones (excluding diaryl/α,β-unsaturated/α-hetero) is 1. The van der Waals surface area contributed by atoms with Crippen LogP contribution in [0.15, 0.2) is 45.6 Å². The predicted octanol–water partition coefficient (Wildman–Crippen LogP) is 3.23. The second-order valence-electron chi connectivity index (χ2n) is 5.37. The number of nitrogens with one attached hydrogen (secondary N) is 1. The van der Waals surface area contributed by atoms with Gasteiger partial charge in [0.15, 0.2) is 11.4 Å². The fourth-order valence-electron chi connectivity index (χ4n) is 2.35. The Morgan fingerprint density at radius 2 is 2.00 bits per heavy atom. The summed E-state index contributed by atoms with van der Waals surface area (Å²) in [4.78, 5) is 35.5. The molecule has 1 aromatic heterocycles. The molecule has 0 fully saturated rings. The van der Waals surface area contributed by atoms with E-state index in [9.17, 15) is 18.8 Å². The third-order valence-electron chi connectivity index (χ3n) is 3.58. The maximum atomic E-state index is 13.1. The van der Waals surface area contributed by atoms with Crippen LogP contribution in [0.25, 0.3) is 11.1 Å². The quantitative estimate of drug-likeness (QED) is 0.722. The molecule has 3 rings (SSSR count). The normalized spacial score (nSPS) is 10.8. The molecule has 0 aliphatic heterocycles. The lowest BCUT2D eigenvalue weighted by atomic mass is 10.1. The molecule has 0 aliphatic carbocycles. The van der Waals surface area contributed by atoms with Crippen molar-refractivity contribution in [1.82, 2.24) is 4.57 Å². The first-order chi connectivity index (χ1) is 11.8. The molecule has 2 aromatic carbocycles. The molecule has 6 nitrogen and oxygen atoms in total. The van der Waals surface area contributed by atoms with E-state index >= 15 is 0 Å². The van der Waals surface area contributed by atoms with Crippen LogP contribution >= 0.6 is 11.6 Å². The monoisotopic (exact) mass is 362 g/mol. The molecule has 8 heteroatoms. The van der Waals surface area contributed by atoms with Gasteiger partial charge < -0.3 is 9.73 Å². The van der Waals surface area contributed by atoms with E-state index in [1.54, 1.807) is 12.1 Å². The van der Waals surface area contributed by atoms with Crippen LogP contribution in [0.3, 0.4) is 0 Å². The van der Waals surface area contributed by atoms with Gasteiger partial charge in [-0.2, -0.15) is 0 Å². The summed E-state index contributed by atoms with van der Waals surface area (Å²) in [5, 5.41) is 2.40. The van der Waals surface area contributed by atoms with Crippen LogP contribution in [0.1, 0.15) is 17.3 Å². The lowest BCUT2D eigenvalue weighted by Crippen LogP contribution is -2.24. The van der Waals surface area contributed by atoms with Gasteiger partial charge in [-0.25, -0.2) is 9.18 Å². The number of carbonyl (C=O) groups excluding carboxylic acids is 2. The van der Waals surface area contributed by atoms with E-state index in [1.165, 1.54) is 25.1 Å². The Kier molecular flexibility index (Phi) is 4.41. The molecule has 0 spiro atoms. The molecule has 0 unspecified atom stereocenters. The standard InChI is InChI=1S/C17H12ClFN2O4/c1-9(22)10-2-5-14-15(6-10)25-17(24)21(14)8-16(23)20-11-3-4-13(19)12(18)7-11/h2-7H,8H2,1H3,(H,20,23). The van der Waals surface area contributed by atoms with Crippen LogP contribution in [-0.2, 0) is 11.3 Å². The molecule has 0 atom stereocenters. The van der Waals surface area contributed by atoms with E-state index < -0.39 is 17.5 Å². The SMILES string of the molecule is CC(=O)c1ccc2c(c1)oc(=O)n2CC(=O)Nc1ccc(F)c(Cl)c1. The zero-order valence-electron chi connectivity index (χ0n) is 13.0. The highest BCUT2D eigenvalue weighted by Crippen LogP contribution is 2.20. The largest absolute Gasteiger partial charge is 0.420 e. The lowest BCUT2D eigenvalue weighted by molar-refractivity contribution is -0.116.